The van der Waals surface area contributed by atoms with Crippen LogP contribution in [-0.4, -0.2) is 44.8 Å². The summed E-state index contributed by atoms with van der Waals surface area (Å²) in [5, 5.41) is 3.58. The Kier molecular flexibility index (Phi) is 5.88. The zero-order valence-corrected chi connectivity index (χ0v) is 13.7. The summed E-state index contributed by atoms with van der Waals surface area (Å²) in [5.74, 6) is 1.59. The van der Waals surface area contributed by atoms with E-state index in [1.165, 1.54) is 18.4 Å². The van der Waals surface area contributed by atoms with Gasteiger partial charge in [-0.1, -0.05) is 13.0 Å². The number of rotatable bonds is 7. The molecule has 1 N–H and O–H groups in total. The van der Waals surface area contributed by atoms with Crippen molar-refractivity contribution in [1.29, 1.82) is 0 Å². The largest absolute Gasteiger partial charge is 0.493 e. The first-order valence-electron chi connectivity index (χ1n) is 7.89. The maximum Gasteiger partial charge on any atom is 0.161 e. The van der Waals surface area contributed by atoms with Gasteiger partial charge in [0.1, 0.15) is 0 Å². The van der Waals surface area contributed by atoms with Crippen molar-refractivity contribution in [3.05, 3.63) is 23.8 Å². The minimum absolute atomic E-state index is 0.372. The molecule has 1 fully saturated rings. The van der Waals surface area contributed by atoms with E-state index < -0.39 is 0 Å². The van der Waals surface area contributed by atoms with Gasteiger partial charge in [-0.05, 0) is 50.6 Å². The summed E-state index contributed by atoms with van der Waals surface area (Å²) in [6, 6.07) is 7.22. The third kappa shape index (κ3) is 3.89. The Labute approximate surface area is 128 Å². The third-order valence-electron chi connectivity index (χ3n) is 4.46. The first-order chi connectivity index (χ1) is 10.2. The molecule has 0 aromatic heterocycles. The van der Waals surface area contributed by atoms with Gasteiger partial charge in [0.2, 0.25) is 0 Å². The molecule has 21 heavy (non-hydrogen) atoms. The maximum atomic E-state index is 5.42. The van der Waals surface area contributed by atoms with E-state index in [0.29, 0.717) is 12.1 Å². The minimum Gasteiger partial charge on any atom is -0.493 e. The summed E-state index contributed by atoms with van der Waals surface area (Å²) in [7, 11) is 3.36. The number of nitrogens with one attached hydrogen (secondary N) is 1. The fourth-order valence-electron chi connectivity index (χ4n) is 3.08. The fraction of sp³-hybridized carbons (Fsp3) is 0.647. The molecule has 2 atom stereocenters. The van der Waals surface area contributed by atoms with Crippen LogP contribution in [0, 0.1) is 0 Å². The molecule has 0 bridgehead atoms. The van der Waals surface area contributed by atoms with Gasteiger partial charge in [0.15, 0.2) is 11.5 Å². The van der Waals surface area contributed by atoms with E-state index in [1.807, 2.05) is 6.07 Å². The van der Waals surface area contributed by atoms with Gasteiger partial charge in [-0.25, -0.2) is 0 Å². The van der Waals surface area contributed by atoms with Crippen molar-refractivity contribution in [3.8, 4) is 11.5 Å². The Hall–Kier alpha value is -1.26. The molecular formula is C17H28N2O2. The number of benzene rings is 1. The van der Waals surface area contributed by atoms with Gasteiger partial charge < -0.3 is 14.8 Å². The van der Waals surface area contributed by atoms with Gasteiger partial charge in [0.25, 0.3) is 0 Å². The minimum atomic E-state index is 0.372. The molecule has 2 unspecified atom stereocenters. The number of methoxy groups -OCH3 is 2. The van der Waals surface area contributed by atoms with Gasteiger partial charge in [-0.15, -0.1) is 0 Å². The molecule has 2 rings (SSSR count). The number of ether oxygens (including phenoxy) is 2. The van der Waals surface area contributed by atoms with Crippen LogP contribution in [0.3, 0.4) is 0 Å². The van der Waals surface area contributed by atoms with Crippen molar-refractivity contribution < 1.29 is 9.47 Å². The molecule has 0 aliphatic carbocycles. The Morgan fingerprint density at radius 1 is 1.29 bits per heavy atom. The van der Waals surface area contributed by atoms with Crippen LogP contribution in [0.25, 0.3) is 0 Å². The average Bonchev–Trinajstić information content (AvgIpc) is 3.04. The zero-order valence-electron chi connectivity index (χ0n) is 13.7. The van der Waals surface area contributed by atoms with Gasteiger partial charge in [0, 0.05) is 18.6 Å². The van der Waals surface area contributed by atoms with Crippen molar-refractivity contribution in [1.82, 2.24) is 10.2 Å². The summed E-state index contributed by atoms with van der Waals surface area (Å²) in [4.78, 5) is 2.52. The lowest BCUT2D eigenvalue weighted by Crippen LogP contribution is -2.38. The lowest BCUT2D eigenvalue weighted by Gasteiger charge is -2.31. The second kappa shape index (κ2) is 7.66. The molecule has 1 aliphatic heterocycles. The van der Waals surface area contributed by atoms with E-state index in [-0.39, 0.29) is 0 Å². The summed E-state index contributed by atoms with van der Waals surface area (Å²) < 4.78 is 10.7. The van der Waals surface area contributed by atoms with Crippen LogP contribution < -0.4 is 14.8 Å². The van der Waals surface area contributed by atoms with Crippen molar-refractivity contribution in [2.45, 2.75) is 38.8 Å². The highest BCUT2D eigenvalue weighted by atomic mass is 16.5. The van der Waals surface area contributed by atoms with Crippen LogP contribution in [0.5, 0.6) is 11.5 Å². The Morgan fingerprint density at radius 2 is 2.05 bits per heavy atom. The lowest BCUT2D eigenvalue weighted by atomic mass is 10.0. The predicted molar refractivity (Wildman–Crippen MR) is 86.2 cm³/mol. The highest BCUT2D eigenvalue weighted by molar-refractivity contribution is 5.43. The van der Waals surface area contributed by atoms with Gasteiger partial charge in [-0.3, -0.25) is 4.90 Å². The highest BCUT2D eigenvalue weighted by Gasteiger charge is 2.22. The molecule has 0 radical (unpaired) electrons. The number of nitrogens with zero attached hydrogens (tertiary/aromatic N) is 1. The van der Waals surface area contributed by atoms with E-state index in [4.69, 9.17) is 9.47 Å². The van der Waals surface area contributed by atoms with Gasteiger partial charge >= 0.3 is 0 Å². The van der Waals surface area contributed by atoms with Crippen molar-refractivity contribution in [2.75, 3.05) is 33.9 Å². The predicted octanol–water partition coefficient (Wildman–Crippen LogP) is 2.84. The monoisotopic (exact) mass is 292 g/mol. The van der Waals surface area contributed by atoms with E-state index in [9.17, 15) is 0 Å². The molecule has 0 amide bonds. The van der Waals surface area contributed by atoms with E-state index in [2.05, 4.69) is 36.2 Å². The Morgan fingerprint density at radius 3 is 2.62 bits per heavy atom. The first kappa shape index (κ1) is 16.1. The molecule has 0 spiro atoms. The van der Waals surface area contributed by atoms with Crippen molar-refractivity contribution in [3.63, 3.8) is 0 Å². The van der Waals surface area contributed by atoms with E-state index in [0.717, 1.165) is 31.1 Å². The molecule has 4 nitrogen and oxygen atoms in total. The fourth-order valence-corrected chi connectivity index (χ4v) is 3.08. The van der Waals surface area contributed by atoms with Crippen LogP contribution in [0.2, 0.25) is 0 Å². The number of hydrogen-bond acceptors (Lipinski definition) is 4. The molecule has 1 aliphatic rings. The molecule has 1 aromatic rings. The topological polar surface area (TPSA) is 33.7 Å². The normalized spacial score (nSPS) is 19.8. The van der Waals surface area contributed by atoms with E-state index >= 15 is 0 Å². The smallest absolute Gasteiger partial charge is 0.161 e. The summed E-state index contributed by atoms with van der Waals surface area (Å²) in [5.41, 5.74) is 1.27. The van der Waals surface area contributed by atoms with Crippen LogP contribution >= 0.6 is 0 Å². The summed E-state index contributed by atoms with van der Waals surface area (Å²) in [6.45, 7) is 7.80. The molecule has 4 heteroatoms. The molecule has 1 saturated heterocycles. The zero-order chi connectivity index (χ0) is 15.2. The van der Waals surface area contributed by atoms with Crippen LogP contribution in [0.15, 0.2) is 18.2 Å². The molecule has 1 heterocycles. The lowest BCUT2D eigenvalue weighted by molar-refractivity contribution is 0.202. The summed E-state index contributed by atoms with van der Waals surface area (Å²) >= 11 is 0. The van der Waals surface area contributed by atoms with Gasteiger partial charge in [0.05, 0.1) is 14.2 Å². The standard InChI is InChI=1S/C17H28N2O2/c1-5-19(12-15-7-6-10-18-15)13(2)14-8-9-16(20-3)17(11-14)21-4/h8-9,11,13,15,18H,5-7,10,12H2,1-4H3. The summed E-state index contributed by atoms with van der Waals surface area (Å²) in [6.07, 6.45) is 2.59. The third-order valence-corrected chi connectivity index (χ3v) is 4.46. The maximum absolute atomic E-state index is 5.42. The quantitative estimate of drug-likeness (QED) is 0.838. The second-order valence-corrected chi connectivity index (χ2v) is 5.67. The van der Waals surface area contributed by atoms with Crippen LogP contribution in [0.1, 0.15) is 38.3 Å². The molecular weight excluding hydrogens is 264 g/mol. The van der Waals surface area contributed by atoms with Crippen molar-refractivity contribution in [2.24, 2.45) is 0 Å². The van der Waals surface area contributed by atoms with Crippen LogP contribution in [-0.2, 0) is 0 Å². The first-order valence-corrected chi connectivity index (χ1v) is 7.89. The number of likely N-dealkylation sites (N-methyl/N-ethyl adjacent to an activating group) is 1. The van der Waals surface area contributed by atoms with E-state index in [1.54, 1.807) is 14.2 Å². The Balaban J connectivity index is 2.10. The van der Waals surface area contributed by atoms with Crippen LogP contribution in [0.4, 0.5) is 0 Å². The molecule has 118 valence electrons. The SMILES string of the molecule is CCN(CC1CCCN1)C(C)c1ccc(OC)c(OC)c1. The Bertz CT molecular complexity index is 444. The molecule has 1 aromatic carbocycles. The van der Waals surface area contributed by atoms with Gasteiger partial charge in [-0.2, -0.15) is 0 Å². The van der Waals surface area contributed by atoms with Crippen molar-refractivity contribution >= 4 is 0 Å². The molecule has 0 saturated carbocycles. The number of hydrogen-bond donors (Lipinski definition) is 1. The second-order valence-electron chi connectivity index (χ2n) is 5.67. The average molecular weight is 292 g/mol. The highest BCUT2D eigenvalue weighted by Crippen LogP contribution is 2.31.